The highest BCUT2D eigenvalue weighted by molar-refractivity contribution is 5.99. The van der Waals surface area contributed by atoms with Crippen LogP contribution in [0.1, 0.15) is 31.1 Å². The van der Waals surface area contributed by atoms with Crippen LogP contribution in [-0.4, -0.2) is 37.4 Å². The van der Waals surface area contributed by atoms with E-state index in [0.29, 0.717) is 23.5 Å². The Bertz CT molecular complexity index is 538. The fourth-order valence-corrected chi connectivity index (χ4v) is 1.76. The summed E-state index contributed by atoms with van der Waals surface area (Å²) in [6.45, 7) is 5.16. The Labute approximate surface area is 129 Å². The summed E-state index contributed by atoms with van der Waals surface area (Å²) < 4.78 is 0. The minimum absolute atomic E-state index is 0.136. The summed E-state index contributed by atoms with van der Waals surface area (Å²) in [5, 5.41) is 11.0. The van der Waals surface area contributed by atoms with E-state index in [1.54, 1.807) is 18.2 Å². The molecule has 0 spiro atoms. The van der Waals surface area contributed by atoms with Crippen molar-refractivity contribution >= 4 is 29.1 Å². The highest BCUT2D eigenvalue weighted by Gasteiger charge is 2.11. The zero-order valence-corrected chi connectivity index (χ0v) is 13.2. The summed E-state index contributed by atoms with van der Waals surface area (Å²) in [6.07, 6.45) is 0. The smallest absolute Gasteiger partial charge is 0.251 e. The number of hydrogen-bond acceptors (Lipinski definition) is 4. The summed E-state index contributed by atoms with van der Waals surface area (Å²) in [4.78, 5) is 34.5. The van der Waals surface area contributed by atoms with Crippen LogP contribution in [0.2, 0.25) is 0 Å². The van der Waals surface area contributed by atoms with E-state index in [1.165, 1.54) is 13.8 Å². The first kappa shape index (κ1) is 17.6. The van der Waals surface area contributed by atoms with Crippen LogP contribution in [0.3, 0.4) is 0 Å². The second-order valence-electron chi connectivity index (χ2n) is 5.06. The second-order valence-corrected chi connectivity index (χ2v) is 5.06. The van der Waals surface area contributed by atoms with Crippen molar-refractivity contribution in [3.63, 3.8) is 0 Å². The lowest BCUT2D eigenvalue weighted by atomic mass is 10.1. The molecule has 0 aromatic heterocycles. The van der Waals surface area contributed by atoms with E-state index in [1.807, 2.05) is 14.0 Å². The zero-order chi connectivity index (χ0) is 16.7. The van der Waals surface area contributed by atoms with Gasteiger partial charge in [-0.2, -0.15) is 0 Å². The van der Waals surface area contributed by atoms with Crippen molar-refractivity contribution in [2.24, 2.45) is 0 Å². The van der Waals surface area contributed by atoms with Crippen LogP contribution >= 0.6 is 0 Å². The van der Waals surface area contributed by atoms with Gasteiger partial charge in [-0.1, -0.05) is 0 Å². The molecule has 4 N–H and O–H groups in total. The molecular weight excluding hydrogens is 284 g/mol. The van der Waals surface area contributed by atoms with Gasteiger partial charge in [0.25, 0.3) is 5.91 Å². The number of anilines is 2. The summed E-state index contributed by atoms with van der Waals surface area (Å²) in [6, 6.07) is 4.85. The van der Waals surface area contributed by atoms with Gasteiger partial charge in [0.15, 0.2) is 0 Å². The topological polar surface area (TPSA) is 99.3 Å². The molecule has 0 aliphatic carbocycles. The number of likely N-dealkylation sites (N-methyl/N-ethyl adjacent to an activating group) is 1. The van der Waals surface area contributed by atoms with E-state index in [0.717, 1.165) is 0 Å². The molecule has 3 amide bonds. The lowest BCUT2D eigenvalue weighted by Gasteiger charge is -2.13. The van der Waals surface area contributed by atoms with Gasteiger partial charge in [0.05, 0.1) is 0 Å². The van der Waals surface area contributed by atoms with Crippen molar-refractivity contribution in [3.05, 3.63) is 23.8 Å². The predicted molar refractivity (Wildman–Crippen MR) is 85.9 cm³/mol. The summed E-state index contributed by atoms with van der Waals surface area (Å²) in [7, 11) is 1.81. The molecule has 120 valence electrons. The third-order valence-corrected chi connectivity index (χ3v) is 2.90. The van der Waals surface area contributed by atoms with Crippen LogP contribution < -0.4 is 21.3 Å². The molecule has 1 rings (SSSR count). The van der Waals surface area contributed by atoms with Gasteiger partial charge in [0, 0.05) is 43.4 Å². The maximum Gasteiger partial charge on any atom is 0.251 e. The molecule has 0 saturated carbocycles. The summed E-state index contributed by atoms with van der Waals surface area (Å²) in [5.41, 5.74) is 1.26. The zero-order valence-electron chi connectivity index (χ0n) is 13.2. The molecular formula is C15H22N4O3. The number of nitrogens with one attached hydrogen (secondary N) is 4. The fraction of sp³-hybridized carbons (Fsp3) is 0.400. The van der Waals surface area contributed by atoms with Gasteiger partial charge in [0.2, 0.25) is 11.8 Å². The molecule has 1 aromatic rings. The first-order valence-electron chi connectivity index (χ1n) is 6.97. The standard InChI is InChI=1S/C15H22N4O3/c1-9(16-4)8-17-15(22)12-5-13(18-10(2)20)7-14(6-12)19-11(3)21/h5-7,9,16H,8H2,1-4H3,(H,17,22)(H,18,20)(H,19,21). The average molecular weight is 306 g/mol. The SMILES string of the molecule is CNC(C)CNC(=O)c1cc(NC(C)=O)cc(NC(C)=O)c1. The third kappa shape index (κ3) is 5.92. The Hall–Kier alpha value is -2.41. The molecule has 7 heteroatoms. The van der Waals surface area contributed by atoms with Gasteiger partial charge in [-0.15, -0.1) is 0 Å². The Balaban J connectivity index is 2.97. The Kier molecular flexibility index (Phi) is 6.52. The lowest BCUT2D eigenvalue weighted by molar-refractivity contribution is -0.115. The van der Waals surface area contributed by atoms with Crippen molar-refractivity contribution in [2.75, 3.05) is 24.2 Å². The Morgan fingerprint density at radius 2 is 1.50 bits per heavy atom. The third-order valence-electron chi connectivity index (χ3n) is 2.90. The molecule has 0 saturated heterocycles. The molecule has 0 heterocycles. The van der Waals surface area contributed by atoms with Crippen molar-refractivity contribution in [3.8, 4) is 0 Å². The molecule has 0 radical (unpaired) electrons. The van der Waals surface area contributed by atoms with E-state index in [-0.39, 0.29) is 23.8 Å². The van der Waals surface area contributed by atoms with Crippen LogP contribution in [-0.2, 0) is 9.59 Å². The van der Waals surface area contributed by atoms with E-state index < -0.39 is 0 Å². The van der Waals surface area contributed by atoms with Crippen molar-refractivity contribution in [1.29, 1.82) is 0 Å². The van der Waals surface area contributed by atoms with Crippen LogP contribution in [0.15, 0.2) is 18.2 Å². The predicted octanol–water partition coefficient (Wildman–Crippen LogP) is 0.941. The van der Waals surface area contributed by atoms with Gasteiger partial charge in [-0.25, -0.2) is 0 Å². The lowest BCUT2D eigenvalue weighted by Crippen LogP contribution is -2.37. The van der Waals surface area contributed by atoms with Gasteiger partial charge >= 0.3 is 0 Å². The number of hydrogen-bond donors (Lipinski definition) is 4. The fourth-order valence-electron chi connectivity index (χ4n) is 1.76. The monoisotopic (exact) mass is 306 g/mol. The maximum absolute atomic E-state index is 12.2. The highest BCUT2D eigenvalue weighted by atomic mass is 16.2. The average Bonchev–Trinajstić information content (AvgIpc) is 2.42. The number of carbonyl (C=O) groups excluding carboxylic acids is 3. The molecule has 1 atom stereocenters. The molecule has 0 fully saturated rings. The molecule has 1 unspecified atom stereocenters. The quantitative estimate of drug-likeness (QED) is 0.628. The normalized spacial score (nSPS) is 11.5. The van der Waals surface area contributed by atoms with Crippen LogP contribution in [0.4, 0.5) is 11.4 Å². The van der Waals surface area contributed by atoms with Crippen molar-refractivity contribution < 1.29 is 14.4 Å². The largest absolute Gasteiger partial charge is 0.350 e. The highest BCUT2D eigenvalue weighted by Crippen LogP contribution is 2.19. The Morgan fingerprint density at radius 1 is 1.00 bits per heavy atom. The van der Waals surface area contributed by atoms with Crippen molar-refractivity contribution in [2.45, 2.75) is 26.8 Å². The van der Waals surface area contributed by atoms with E-state index in [2.05, 4.69) is 21.3 Å². The summed E-state index contributed by atoms with van der Waals surface area (Å²) in [5.74, 6) is -0.786. The van der Waals surface area contributed by atoms with E-state index in [9.17, 15) is 14.4 Å². The van der Waals surface area contributed by atoms with Gasteiger partial charge in [-0.3, -0.25) is 14.4 Å². The molecule has 0 aliphatic heterocycles. The molecule has 22 heavy (non-hydrogen) atoms. The number of carbonyl (C=O) groups is 3. The first-order valence-corrected chi connectivity index (χ1v) is 6.97. The first-order chi connectivity index (χ1) is 10.3. The molecule has 0 bridgehead atoms. The van der Waals surface area contributed by atoms with Gasteiger partial charge in [-0.05, 0) is 32.2 Å². The van der Waals surface area contributed by atoms with E-state index in [4.69, 9.17) is 0 Å². The van der Waals surface area contributed by atoms with Crippen LogP contribution in [0.5, 0.6) is 0 Å². The Morgan fingerprint density at radius 3 is 1.91 bits per heavy atom. The molecule has 1 aromatic carbocycles. The summed E-state index contributed by atoms with van der Waals surface area (Å²) >= 11 is 0. The minimum Gasteiger partial charge on any atom is -0.350 e. The molecule has 0 aliphatic rings. The van der Waals surface area contributed by atoms with Gasteiger partial charge < -0.3 is 21.3 Å². The number of rotatable bonds is 6. The number of benzene rings is 1. The molecule has 7 nitrogen and oxygen atoms in total. The van der Waals surface area contributed by atoms with E-state index >= 15 is 0 Å². The van der Waals surface area contributed by atoms with Gasteiger partial charge in [0.1, 0.15) is 0 Å². The van der Waals surface area contributed by atoms with Crippen LogP contribution in [0.25, 0.3) is 0 Å². The maximum atomic E-state index is 12.2. The minimum atomic E-state index is -0.277. The van der Waals surface area contributed by atoms with Crippen molar-refractivity contribution in [1.82, 2.24) is 10.6 Å². The number of amides is 3. The second kappa shape index (κ2) is 8.14. The van der Waals surface area contributed by atoms with Crippen LogP contribution in [0, 0.1) is 0 Å².